The van der Waals surface area contributed by atoms with Crippen LogP contribution in [0.1, 0.15) is 45.6 Å². The number of hydrogen-bond donors (Lipinski definition) is 1. The van der Waals surface area contributed by atoms with Crippen molar-refractivity contribution in [2.45, 2.75) is 58.0 Å². The summed E-state index contributed by atoms with van der Waals surface area (Å²) in [6.45, 7) is 6.63. The van der Waals surface area contributed by atoms with Crippen molar-refractivity contribution in [1.82, 2.24) is 9.78 Å². The molecule has 0 bridgehead atoms. The van der Waals surface area contributed by atoms with Crippen molar-refractivity contribution in [2.24, 2.45) is 5.92 Å². The van der Waals surface area contributed by atoms with Gasteiger partial charge >= 0.3 is 0 Å². The van der Waals surface area contributed by atoms with Crippen LogP contribution in [-0.2, 0) is 12.0 Å². The highest BCUT2D eigenvalue weighted by Crippen LogP contribution is 2.40. The molecule has 2 heterocycles. The molecule has 1 fully saturated rings. The molecule has 1 aliphatic heterocycles. The molecule has 3 heteroatoms. The van der Waals surface area contributed by atoms with E-state index in [-0.39, 0.29) is 5.54 Å². The van der Waals surface area contributed by atoms with Gasteiger partial charge in [-0.2, -0.15) is 5.10 Å². The molecule has 0 saturated heterocycles. The van der Waals surface area contributed by atoms with Gasteiger partial charge in [-0.15, -0.1) is 0 Å². The predicted molar refractivity (Wildman–Crippen MR) is 65.7 cm³/mol. The van der Waals surface area contributed by atoms with E-state index >= 15 is 0 Å². The standard InChI is InChI=1S/C13H21N3/c1-13(2,3)16-12-10(8-14-16)6-7-11(15-12)9-4-5-9/h8-9,11,15H,4-7H2,1-3H3. The lowest BCUT2D eigenvalue weighted by Crippen LogP contribution is -2.32. The molecule has 0 amide bonds. The van der Waals surface area contributed by atoms with Gasteiger partial charge in [0.1, 0.15) is 5.82 Å². The van der Waals surface area contributed by atoms with E-state index in [1.54, 1.807) is 0 Å². The van der Waals surface area contributed by atoms with E-state index < -0.39 is 0 Å². The Balaban J connectivity index is 1.91. The fourth-order valence-corrected chi connectivity index (χ4v) is 2.64. The quantitative estimate of drug-likeness (QED) is 0.787. The minimum atomic E-state index is 0.0754. The van der Waals surface area contributed by atoms with Crippen LogP contribution in [0, 0.1) is 5.92 Å². The summed E-state index contributed by atoms with van der Waals surface area (Å²) in [5, 5.41) is 8.25. The van der Waals surface area contributed by atoms with Crippen LogP contribution in [0.4, 0.5) is 5.82 Å². The van der Waals surface area contributed by atoms with E-state index in [4.69, 9.17) is 0 Å². The second kappa shape index (κ2) is 3.25. The normalized spacial score (nSPS) is 25.1. The molecule has 16 heavy (non-hydrogen) atoms. The van der Waals surface area contributed by atoms with E-state index in [1.165, 1.54) is 37.1 Å². The van der Waals surface area contributed by atoms with Crippen molar-refractivity contribution in [2.75, 3.05) is 5.32 Å². The zero-order valence-corrected chi connectivity index (χ0v) is 10.5. The molecule has 3 nitrogen and oxygen atoms in total. The molecule has 3 rings (SSSR count). The number of rotatable bonds is 1. The van der Waals surface area contributed by atoms with Crippen LogP contribution >= 0.6 is 0 Å². The Labute approximate surface area is 97.2 Å². The second-order valence-electron chi connectivity index (χ2n) is 6.23. The fraction of sp³-hybridized carbons (Fsp3) is 0.769. The highest BCUT2D eigenvalue weighted by atomic mass is 15.4. The largest absolute Gasteiger partial charge is 0.367 e. The summed E-state index contributed by atoms with van der Waals surface area (Å²) in [5.74, 6) is 2.20. The van der Waals surface area contributed by atoms with Crippen LogP contribution in [0.25, 0.3) is 0 Å². The number of hydrogen-bond acceptors (Lipinski definition) is 2. The van der Waals surface area contributed by atoms with Crippen molar-refractivity contribution < 1.29 is 0 Å². The zero-order chi connectivity index (χ0) is 11.3. The van der Waals surface area contributed by atoms with E-state index in [0.717, 1.165) is 5.92 Å². The van der Waals surface area contributed by atoms with Gasteiger partial charge in [0.2, 0.25) is 0 Å². The zero-order valence-electron chi connectivity index (χ0n) is 10.5. The predicted octanol–water partition coefficient (Wildman–Crippen LogP) is 2.77. The van der Waals surface area contributed by atoms with Gasteiger partial charge in [-0.05, 0) is 52.4 Å². The first kappa shape index (κ1) is 10.2. The van der Waals surface area contributed by atoms with Crippen LogP contribution in [0.2, 0.25) is 0 Å². The van der Waals surface area contributed by atoms with Gasteiger partial charge in [0.15, 0.2) is 0 Å². The molecule has 1 aromatic rings. The Morgan fingerprint density at radius 2 is 2.06 bits per heavy atom. The van der Waals surface area contributed by atoms with Gasteiger partial charge in [0.25, 0.3) is 0 Å². The van der Waals surface area contributed by atoms with E-state index in [2.05, 4.69) is 35.9 Å². The van der Waals surface area contributed by atoms with Gasteiger partial charge in [0, 0.05) is 11.6 Å². The molecule has 88 valence electrons. The maximum Gasteiger partial charge on any atom is 0.128 e. The van der Waals surface area contributed by atoms with Crippen LogP contribution in [0.15, 0.2) is 6.20 Å². The molecular weight excluding hydrogens is 198 g/mol. The summed E-state index contributed by atoms with van der Waals surface area (Å²) in [4.78, 5) is 0. The smallest absolute Gasteiger partial charge is 0.128 e. The van der Waals surface area contributed by atoms with Crippen molar-refractivity contribution in [3.05, 3.63) is 11.8 Å². The number of aryl methyl sites for hydroxylation is 1. The molecule has 1 aliphatic carbocycles. The molecule has 0 radical (unpaired) electrons. The Bertz CT molecular complexity index is 396. The maximum absolute atomic E-state index is 4.54. The number of anilines is 1. The Morgan fingerprint density at radius 1 is 1.31 bits per heavy atom. The van der Waals surface area contributed by atoms with Crippen molar-refractivity contribution in [1.29, 1.82) is 0 Å². The molecule has 1 unspecified atom stereocenters. The summed E-state index contributed by atoms with van der Waals surface area (Å²) < 4.78 is 2.15. The SMILES string of the molecule is CC(C)(C)n1ncc2c1NC(C1CC1)CC2. The molecule has 0 aromatic carbocycles. The van der Waals surface area contributed by atoms with Crippen LogP contribution in [-0.4, -0.2) is 15.8 Å². The van der Waals surface area contributed by atoms with Crippen molar-refractivity contribution in [3.8, 4) is 0 Å². The van der Waals surface area contributed by atoms with Gasteiger partial charge in [-0.1, -0.05) is 0 Å². The lowest BCUT2D eigenvalue weighted by molar-refractivity contribution is 0.357. The molecular formula is C13H21N3. The first-order valence-corrected chi connectivity index (χ1v) is 6.39. The van der Waals surface area contributed by atoms with Gasteiger partial charge in [-0.3, -0.25) is 0 Å². The van der Waals surface area contributed by atoms with Crippen LogP contribution < -0.4 is 5.32 Å². The first-order chi connectivity index (χ1) is 7.55. The average molecular weight is 219 g/mol. The van der Waals surface area contributed by atoms with Crippen molar-refractivity contribution in [3.63, 3.8) is 0 Å². The second-order valence-corrected chi connectivity index (χ2v) is 6.23. The maximum atomic E-state index is 4.54. The lowest BCUT2D eigenvalue weighted by atomic mass is 9.98. The average Bonchev–Trinajstić information content (AvgIpc) is 2.95. The summed E-state index contributed by atoms with van der Waals surface area (Å²) in [6.07, 6.45) is 7.34. The minimum Gasteiger partial charge on any atom is -0.367 e. The molecule has 1 saturated carbocycles. The summed E-state index contributed by atoms with van der Waals surface area (Å²) in [7, 11) is 0. The summed E-state index contributed by atoms with van der Waals surface area (Å²) in [6, 6.07) is 0.699. The van der Waals surface area contributed by atoms with Crippen molar-refractivity contribution >= 4 is 5.82 Å². The highest BCUT2D eigenvalue weighted by molar-refractivity contribution is 5.48. The number of nitrogens with zero attached hydrogens (tertiary/aromatic N) is 2. The number of aromatic nitrogens is 2. The molecule has 1 aromatic heterocycles. The molecule has 0 spiro atoms. The van der Waals surface area contributed by atoms with Crippen LogP contribution in [0.3, 0.4) is 0 Å². The third-order valence-corrected chi connectivity index (χ3v) is 3.72. The third-order valence-electron chi connectivity index (χ3n) is 3.72. The van der Waals surface area contributed by atoms with E-state index in [0.29, 0.717) is 6.04 Å². The Morgan fingerprint density at radius 3 is 2.69 bits per heavy atom. The molecule has 1 atom stereocenters. The highest BCUT2D eigenvalue weighted by Gasteiger charge is 2.35. The lowest BCUT2D eigenvalue weighted by Gasteiger charge is -2.29. The van der Waals surface area contributed by atoms with Gasteiger partial charge in [-0.25, -0.2) is 4.68 Å². The summed E-state index contributed by atoms with van der Waals surface area (Å²) >= 11 is 0. The molecule has 2 aliphatic rings. The Hall–Kier alpha value is -0.990. The first-order valence-electron chi connectivity index (χ1n) is 6.39. The summed E-state index contributed by atoms with van der Waals surface area (Å²) in [5.41, 5.74) is 1.47. The van der Waals surface area contributed by atoms with E-state index in [1.807, 2.05) is 6.20 Å². The number of nitrogens with one attached hydrogen (secondary N) is 1. The Kier molecular flexibility index (Phi) is 2.07. The topological polar surface area (TPSA) is 29.9 Å². The van der Waals surface area contributed by atoms with E-state index in [9.17, 15) is 0 Å². The van der Waals surface area contributed by atoms with Gasteiger partial charge in [0.05, 0.1) is 11.7 Å². The minimum absolute atomic E-state index is 0.0754. The fourth-order valence-electron chi connectivity index (χ4n) is 2.64. The van der Waals surface area contributed by atoms with Gasteiger partial charge < -0.3 is 5.32 Å². The monoisotopic (exact) mass is 219 g/mol. The van der Waals surface area contributed by atoms with Crippen LogP contribution in [0.5, 0.6) is 0 Å². The molecule has 1 N–H and O–H groups in total. The third kappa shape index (κ3) is 1.62. The number of fused-ring (bicyclic) bond motifs is 1.